The van der Waals surface area contributed by atoms with Crippen molar-refractivity contribution in [1.82, 2.24) is 14.6 Å². The van der Waals surface area contributed by atoms with Gasteiger partial charge in [-0.1, -0.05) is 24.1 Å². The molecule has 0 spiro atoms. The summed E-state index contributed by atoms with van der Waals surface area (Å²) in [4.78, 5) is 37.8. The van der Waals surface area contributed by atoms with Gasteiger partial charge < -0.3 is 19.1 Å². The molecule has 3 unspecified atom stereocenters. The lowest BCUT2D eigenvalue weighted by Crippen LogP contribution is -2.41. The van der Waals surface area contributed by atoms with Gasteiger partial charge in [0.2, 0.25) is 0 Å². The molecule has 2 heterocycles. The average Bonchev–Trinajstić information content (AvgIpc) is 3.22. The van der Waals surface area contributed by atoms with Crippen molar-refractivity contribution >= 4 is 13.7 Å². The van der Waals surface area contributed by atoms with Crippen molar-refractivity contribution in [1.29, 1.82) is 0 Å². The zero-order valence-corrected chi connectivity index (χ0v) is 20.9. The van der Waals surface area contributed by atoms with Gasteiger partial charge in [-0.3, -0.25) is 23.7 Å². The Morgan fingerprint density at radius 1 is 1.30 bits per heavy atom. The molecule has 2 fully saturated rings. The number of aliphatic hydroxyl groups is 1. The molecule has 0 bridgehead atoms. The number of H-pyrrole nitrogens is 1. The summed E-state index contributed by atoms with van der Waals surface area (Å²) in [6.07, 6.45) is 0.321. The van der Waals surface area contributed by atoms with Crippen LogP contribution in [-0.2, 0) is 23.4 Å². The fraction of sp³-hybridized carbons (Fsp3) is 0.435. The van der Waals surface area contributed by atoms with Crippen molar-refractivity contribution in [3.63, 3.8) is 0 Å². The van der Waals surface area contributed by atoms with Gasteiger partial charge in [-0.05, 0) is 32.9 Å². The Hall–Kier alpha value is -3.27. The van der Waals surface area contributed by atoms with Gasteiger partial charge in [0.1, 0.15) is 17.9 Å². The number of hydrogen-bond acceptors (Lipinski definition) is 9. The van der Waals surface area contributed by atoms with Gasteiger partial charge >= 0.3 is 19.4 Å². The van der Waals surface area contributed by atoms with Crippen molar-refractivity contribution in [2.45, 2.75) is 62.6 Å². The molecule has 37 heavy (non-hydrogen) atoms. The number of nitrogens with one attached hydrogen (secondary N) is 2. The zero-order valence-electron chi connectivity index (χ0n) is 20.0. The lowest BCUT2D eigenvalue weighted by atomic mass is 10.1. The van der Waals surface area contributed by atoms with Crippen LogP contribution in [0.2, 0.25) is 0 Å². The number of ether oxygens (including phenoxy) is 2. The number of para-hydroxylation sites is 1. The number of alkyl halides is 1. The molecule has 4 rings (SSSR count). The second-order valence-electron chi connectivity index (χ2n) is 8.86. The molecule has 0 amide bonds. The Bertz CT molecular complexity index is 1390. The van der Waals surface area contributed by atoms with Crippen molar-refractivity contribution < 1.29 is 37.4 Å². The predicted molar refractivity (Wildman–Crippen MR) is 126 cm³/mol. The molecule has 1 aromatic carbocycles. The van der Waals surface area contributed by atoms with Crippen molar-refractivity contribution in [2.75, 3.05) is 0 Å². The van der Waals surface area contributed by atoms with E-state index < -0.39 is 66.8 Å². The number of carbonyl (C=O) groups excluding carboxylic acids is 1. The summed E-state index contributed by atoms with van der Waals surface area (Å²) in [6.45, 7) is 4.60. The summed E-state index contributed by atoms with van der Waals surface area (Å²) in [5.74, 6) is 1.44. The largest absolute Gasteiger partial charge is 0.462 e. The Morgan fingerprint density at radius 2 is 1.97 bits per heavy atom. The number of aromatic nitrogens is 2. The number of rotatable bonds is 9. The van der Waals surface area contributed by atoms with Crippen LogP contribution in [0.3, 0.4) is 0 Å². The van der Waals surface area contributed by atoms with Crippen LogP contribution in [0.25, 0.3) is 0 Å². The van der Waals surface area contributed by atoms with Crippen LogP contribution in [0.4, 0.5) is 4.39 Å². The van der Waals surface area contributed by atoms with Crippen LogP contribution in [0.15, 0.2) is 52.2 Å². The monoisotopic (exact) mass is 537 g/mol. The number of halogens is 1. The normalized spacial score (nSPS) is 30.6. The Kier molecular flexibility index (Phi) is 6.92. The standard InChI is InChI=1S/C23H25FN3O9P/c1-5-22-20(23(22,31)17(24)18(34-22)27-12-11-16(28)25-21(27)30)36-37(32,35-15-9-7-6-8-10-15)26-14(4)19(29)33-13(2)3/h1,6-14,17-18,20,31H,2-4H3,(H,26,32)(H,25,28,30)/t14?,17-,18+,20?,22+,23+,37?/m0/s1. The maximum absolute atomic E-state index is 15.6. The number of fused-ring (bicyclic) bond motifs is 1. The van der Waals surface area contributed by atoms with Crippen molar-refractivity contribution in [3.8, 4) is 18.1 Å². The molecule has 198 valence electrons. The third-order valence-corrected chi connectivity index (χ3v) is 7.51. The Balaban J connectivity index is 1.62. The summed E-state index contributed by atoms with van der Waals surface area (Å²) in [5, 5.41) is 13.6. The number of hydrogen-bond donors (Lipinski definition) is 3. The second kappa shape index (κ2) is 9.55. The Labute approximate surface area is 210 Å². The Morgan fingerprint density at radius 3 is 2.54 bits per heavy atom. The number of esters is 1. The quantitative estimate of drug-likeness (QED) is 0.240. The highest BCUT2D eigenvalue weighted by atomic mass is 31.2. The van der Waals surface area contributed by atoms with Gasteiger partial charge in [0.25, 0.3) is 5.56 Å². The molecule has 1 saturated carbocycles. The first-order valence-electron chi connectivity index (χ1n) is 11.2. The lowest BCUT2D eigenvalue weighted by Gasteiger charge is -2.26. The smallest absolute Gasteiger partial charge is 0.459 e. The lowest BCUT2D eigenvalue weighted by molar-refractivity contribution is -0.149. The summed E-state index contributed by atoms with van der Waals surface area (Å²) >= 11 is 0. The molecular formula is C23H25FN3O9P. The van der Waals surface area contributed by atoms with Gasteiger partial charge in [0.05, 0.1) is 6.10 Å². The minimum absolute atomic E-state index is 0.0747. The predicted octanol–water partition coefficient (Wildman–Crippen LogP) is 1.02. The number of aromatic amines is 1. The molecule has 7 atom stereocenters. The van der Waals surface area contributed by atoms with E-state index in [-0.39, 0.29) is 5.75 Å². The number of terminal acetylenes is 1. The molecular weight excluding hydrogens is 512 g/mol. The highest BCUT2D eigenvalue weighted by molar-refractivity contribution is 7.52. The van der Waals surface area contributed by atoms with Crippen LogP contribution < -0.4 is 20.9 Å². The van der Waals surface area contributed by atoms with Crippen LogP contribution in [0, 0.1) is 12.3 Å². The van der Waals surface area contributed by atoms with E-state index in [0.717, 1.165) is 12.3 Å². The van der Waals surface area contributed by atoms with E-state index in [2.05, 4.69) is 11.0 Å². The van der Waals surface area contributed by atoms with Gasteiger partial charge in [-0.2, -0.15) is 5.09 Å². The molecule has 0 radical (unpaired) electrons. The highest BCUT2D eigenvalue weighted by Gasteiger charge is 2.90. The molecule has 2 aromatic rings. The van der Waals surface area contributed by atoms with Crippen LogP contribution in [0.5, 0.6) is 5.75 Å². The van der Waals surface area contributed by atoms with E-state index in [1.807, 2.05) is 4.98 Å². The molecule has 1 aromatic heterocycles. The summed E-state index contributed by atoms with van der Waals surface area (Å²) < 4.78 is 51.8. The zero-order chi connectivity index (χ0) is 27.2. The van der Waals surface area contributed by atoms with Crippen LogP contribution in [-0.4, -0.2) is 56.3 Å². The van der Waals surface area contributed by atoms with E-state index in [0.29, 0.717) is 4.57 Å². The maximum atomic E-state index is 15.6. The minimum atomic E-state index is -4.54. The molecule has 3 N–H and O–H groups in total. The second-order valence-corrected chi connectivity index (χ2v) is 10.5. The first kappa shape index (κ1) is 26.8. The first-order valence-corrected chi connectivity index (χ1v) is 12.8. The van der Waals surface area contributed by atoms with Crippen LogP contribution in [0.1, 0.15) is 27.0 Å². The third kappa shape index (κ3) is 4.63. The van der Waals surface area contributed by atoms with Gasteiger partial charge in [-0.25, -0.2) is 13.8 Å². The van der Waals surface area contributed by atoms with Crippen molar-refractivity contribution in [3.05, 3.63) is 63.4 Å². The number of nitrogens with zero attached hydrogens (tertiary/aromatic N) is 1. The van der Waals surface area contributed by atoms with E-state index >= 15 is 4.39 Å². The van der Waals surface area contributed by atoms with Crippen molar-refractivity contribution in [2.24, 2.45) is 0 Å². The van der Waals surface area contributed by atoms with E-state index in [1.165, 1.54) is 19.1 Å². The van der Waals surface area contributed by atoms with Crippen LogP contribution >= 0.6 is 7.75 Å². The molecule has 14 heteroatoms. The van der Waals surface area contributed by atoms with E-state index in [4.69, 9.17) is 24.9 Å². The maximum Gasteiger partial charge on any atom is 0.459 e. The number of benzene rings is 1. The van der Waals surface area contributed by atoms with E-state index in [1.54, 1.807) is 32.0 Å². The number of carbonyl (C=O) groups is 1. The fourth-order valence-electron chi connectivity index (χ4n) is 4.06. The third-order valence-electron chi connectivity index (χ3n) is 5.87. The summed E-state index contributed by atoms with van der Waals surface area (Å²) in [7, 11) is -4.54. The van der Waals surface area contributed by atoms with Gasteiger partial charge in [0, 0.05) is 12.3 Å². The molecule has 1 saturated heterocycles. The molecule has 1 aliphatic carbocycles. The summed E-state index contributed by atoms with van der Waals surface area (Å²) in [5.41, 5.74) is -6.42. The topological polar surface area (TPSA) is 158 Å². The fourth-order valence-corrected chi connectivity index (χ4v) is 5.78. The average molecular weight is 537 g/mol. The first-order chi connectivity index (χ1) is 17.4. The van der Waals surface area contributed by atoms with Gasteiger partial charge in [-0.15, -0.1) is 6.42 Å². The molecule has 12 nitrogen and oxygen atoms in total. The van der Waals surface area contributed by atoms with Gasteiger partial charge in [0.15, 0.2) is 23.6 Å². The molecule has 2 aliphatic rings. The molecule has 1 aliphatic heterocycles. The summed E-state index contributed by atoms with van der Waals surface area (Å²) in [6, 6.07) is 7.53. The van der Waals surface area contributed by atoms with E-state index in [9.17, 15) is 24.1 Å². The highest BCUT2D eigenvalue weighted by Crippen LogP contribution is 2.68. The SMILES string of the molecule is C#C[C@]12O[C@@H](n3ccc(=O)[nH]c3=O)[C@H](F)[C@@]1(O)C2OP(=O)(NC(C)C(=O)OC(C)C)Oc1ccccc1. The minimum Gasteiger partial charge on any atom is -0.462 e.